The Morgan fingerprint density at radius 1 is 1.12 bits per heavy atom. The predicted molar refractivity (Wildman–Crippen MR) is 95.8 cm³/mol. The maximum Gasteiger partial charge on any atom is 0.241 e. The van der Waals surface area contributed by atoms with Crippen LogP contribution in [0.3, 0.4) is 0 Å². The summed E-state index contributed by atoms with van der Waals surface area (Å²) in [5.74, 6) is 0.767. The molecular formula is C19H26N4O. The summed E-state index contributed by atoms with van der Waals surface area (Å²) in [6.45, 7) is 6.47. The van der Waals surface area contributed by atoms with Gasteiger partial charge in [0.1, 0.15) is 11.9 Å². The molecule has 1 unspecified atom stereocenters. The predicted octanol–water partition coefficient (Wildman–Crippen LogP) is 2.36. The molecule has 2 aromatic rings. The number of rotatable bonds is 6. The summed E-state index contributed by atoms with van der Waals surface area (Å²) < 4.78 is 0. The first-order valence-electron chi connectivity index (χ1n) is 8.19. The summed E-state index contributed by atoms with van der Waals surface area (Å²) in [5.41, 5.74) is 4.05. The summed E-state index contributed by atoms with van der Waals surface area (Å²) in [7, 11) is 3.84. The van der Waals surface area contributed by atoms with Crippen molar-refractivity contribution in [3.8, 4) is 0 Å². The van der Waals surface area contributed by atoms with Gasteiger partial charge in [0.15, 0.2) is 0 Å². The monoisotopic (exact) mass is 326 g/mol. The Morgan fingerprint density at radius 2 is 1.75 bits per heavy atom. The SMILES string of the molecule is Cc1cc(C)nc(CCNC(=O)C(c2ccccc2C)N(C)C)n1. The molecule has 0 aliphatic carbocycles. The fourth-order valence-corrected chi connectivity index (χ4v) is 2.85. The van der Waals surface area contributed by atoms with E-state index in [0.717, 1.165) is 28.3 Å². The van der Waals surface area contributed by atoms with Crippen molar-refractivity contribution in [1.29, 1.82) is 0 Å². The van der Waals surface area contributed by atoms with Gasteiger partial charge in [-0.25, -0.2) is 9.97 Å². The zero-order valence-corrected chi connectivity index (χ0v) is 15.1. The van der Waals surface area contributed by atoms with E-state index < -0.39 is 0 Å². The molecule has 1 aromatic carbocycles. The van der Waals surface area contributed by atoms with E-state index in [9.17, 15) is 4.79 Å². The highest BCUT2D eigenvalue weighted by molar-refractivity contribution is 5.83. The molecule has 0 aliphatic rings. The van der Waals surface area contributed by atoms with E-state index in [0.29, 0.717) is 13.0 Å². The average molecular weight is 326 g/mol. The second-order valence-electron chi connectivity index (χ2n) is 6.33. The zero-order chi connectivity index (χ0) is 17.7. The molecule has 0 fully saturated rings. The minimum atomic E-state index is -0.300. The fourth-order valence-electron chi connectivity index (χ4n) is 2.85. The normalized spacial score (nSPS) is 12.2. The van der Waals surface area contributed by atoms with Crippen LogP contribution in [-0.2, 0) is 11.2 Å². The number of hydrogen-bond donors (Lipinski definition) is 1. The standard InChI is InChI=1S/C19H26N4O/c1-13-8-6-7-9-16(13)18(23(4)5)19(24)20-11-10-17-21-14(2)12-15(3)22-17/h6-9,12,18H,10-11H2,1-5H3,(H,20,24). The van der Waals surface area contributed by atoms with E-state index in [1.165, 1.54) is 0 Å². The number of carbonyl (C=O) groups is 1. The van der Waals surface area contributed by atoms with Crippen LogP contribution in [0.4, 0.5) is 0 Å². The summed E-state index contributed by atoms with van der Waals surface area (Å²) >= 11 is 0. The molecular weight excluding hydrogens is 300 g/mol. The van der Waals surface area contributed by atoms with Gasteiger partial charge in [0.25, 0.3) is 0 Å². The number of nitrogens with one attached hydrogen (secondary N) is 1. The smallest absolute Gasteiger partial charge is 0.241 e. The van der Waals surface area contributed by atoms with Crippen LogP contribution in [-0.4, -0.2) is 41.4 Å². The van der Waals surface area contributed by atoms with E-state index in [1.54, 1.807) is 0 Å². The van der Waals surface area contributed by atoms with E-state index >= 15 is 0 Å². The Labute approximate surface area is 144 Å². The largest absolute Gasteiger partial charge is 0.354 e. The van der Waals surface area contributed by atoms with Crippen molar-refractivity contribution in [3.05, 3.63) is 58.7 Å². The van der Waals surface area contributed by atoms with Crippen molar-refractivity contribution >= 4 is 5.91 Å². The first kappa shape index (κ1) is 18.1. The number of likely N-dealkylation sites (N-methyl/N-ethyl adjacent to an activating group) is 1. The van der Waals surface area contributed by atoms with Gasteiger partial charge >= 0.3 is 0 Å². The first-order valence-corrected chi connectivity index (χ1v) is 8.19. The van der Waals surface area contributed by atoms with E-state index in [-0.39, 0.29) is 11.9 Å². The molecule has 0 saturated carbocycles. The lowest BCUT2D eigenvalue weighted by Crippen LogP contribution is -2.38. The lowest BCUT2D eigenvalue weighted by Gasteiger charge is -2.25. The van der Waals surface area contributed by atoms with Crippen LogP contribution in [0.15, 0.2) is 30.3 Å². The quantitative estimate of drug-likeness (QED) is 0.885. The third kappa shape index (κ3) is 4.61. The maximum absolute atomic E-state index is 12.7. The molecule has 128 valence electrons. The van der Waals surface area contributed by atoms with Gasteiger partial charge in [-0.15, -0.1) is 0 Å². The van der Waals surface area contributed by atoms with Crippen molar-refractivity contribution in [2.24, 2.45) is 0 Å². The molecule has 0 radical (unpaired) electrons. The molecule has 0 bridgehead atoms. The number of nitrogens with zero attached hydrogens (tertiary/aromatic N) is 3. The number of aryl methyl sites for hydroxylation is 3. The Hall–Kier alpha value is -2.27. The molecule has 5 heteroatoms. The molecule has 1 heterocycles. The second kappa shape index (κ2) is 8.02. The number of amides is 1. The van der Waals surface area contributed by atoms with Crippen LogP contribution in [0, 0.1) is 20.8 Å². The average Bonchev–Trinajstić information content (AvgIpc) is 2.48. The van der Waals surface area contributed by atoms with Crippen molar-refractivity contribution in [1.82, 2.24) is 20.2 Å². The van der Waals surface area contributed by atoms with Gasteiger partial charge in [-0.3, -0.25) is 9.69 Å². The van der Waals surface area contributed by atoms with Crippen molar-refractivity contribution in [2.45, 2.75) is 33.2 Å². The van der Waals surface area contributed by atoms with Gasteiger partial charge < -0.3 is 5.32 Å². The summed E-state index contributed by atoms with van der Waals surface area (Å²) in [5, 5.41) is 3.02. The van der Waals surface area contributed by atoms with Crippen LogP contribution in [0.5, 0.6) is 0 Å². The van der Waals surface area contributed by atoms with Crippen molar-refractivity contribution in [2.75, 3.05) is 20.6 Å². The van der Waals surface area contributed by atoms with E-state index in [1.807, 2.05) is 70.1 Å². The van der Waals surface area contributed by atoms with Crippen LogP contribution < -0.4 is 5.32 Å². The van der Waals surface area contributed by atoms with Gasteiger partial charge in [0, 0.05) is 24.4 Å². The number of aromatic nitrogens is 2. The molecule has 2 rings (SSSR count). The zero-order valence-electron chi connectivity index (χ0n) is 15.1. The Morgan fingerprint density at radius 3 is 2.33 bits per heavy atom. The molecule has 1 atom stereocenters. The topological polar surface area (TPSA) is 58.1 Å². The van der Waals surface area contributed by atoms with E-state index in [4.69, 9.17) is 0 Å². The number of benzene rings is 1. The highest BCUT2D eigenvalue weighted by atomic mass is 16.2. The molecule has 1 amide bonds. The van der Waals surface area contributed by atoms with Crippen molar-refractivity contribution in [3.63, 3.8) is 0 Å². The molecule has 0 saturated heterocycles. The Bertz CT molecular complexity index is 692. The van der Waals surface area contributed by atoms with Gasteiger partial charge in [0.2, 0.25) is 5.91 Å². The molecule has 0 spiro atoms. The Kier molecular flexibility index (Phi) is 6.04. The summed E-state index contributed by atoms with van der Waals surface area (Å²) in [6, 6.07) is 9.64. The van der Waals surface area contributed by atoms with Crippen LogP contribution in [0.25, 0.3) is 0 Å². The highest BCUT2D eigenvalue weighted by Gasteiger charge is 2.23. The molecule has 0 aliphatic heterocycles. The third-order valence-corrected chi connectivity index (χ3v) is 3.92. The minimum absolute atomic E-state index is 0.00123. The lowest BCUT2D eigenvalue weighted by molar-refractivity contribution is -0.125. The fraction of sp³-hybridized carbons (Fsp3) is 0.421. The lowest BCUT2D eigenvalue weighted by atomic mass is 10.00. The van der Waals surface area contributed by atoms with Gasteiger partial charge in [-0.05, 0) is 52.1 Å². The van der Waals surface area contributed by atoms with Crippen molar-refractivity contribution < 1.29 is 4.79 Å². The highest BCUT2D eigenvalue weighted by Crippen LogP contribution is 2.21. The van der Waals surface area contributed by atoms with Gasteiger partial charge in [0.05, 0.1) is 0 Å². The summed E-state index contributed by atoms with van der Waals surface area (Å²) in [4.78, 5) is 23.4. The molecule has 24 heavy (non-hydrogen) atoms. The number of carbonyl (C=O) groups excluding carboxylic acids is 1. The van der Waals surface area contributed by atoms with Crippen LogP contribution >= 0.6 is 0 Å². The van der Waals surface area contributed by atoms with Crippen LogP contribution in [0.1, 0.15) is 34.4 Å². The Balaban J connectivity index is 2.02. The molecule has 1 N–H and O–H groups in total. The minimum Gasteiger partial charge on any atom is -0.354 e. The van der Waals surface area contributed by atoms with Gasteiger partial charge in [-0.2, -0.15) is 0 Å². The number of hydrogen-bond acceptors (Lipinski definition) is 4. The summed E-state index contributed by atoms with van der Waals surface area (Å²) in [6.07, 6.45) is 0.627. The molecule has 1 aromatic heterocycles. The molecule has 5 nitrogen and oxygen atoms in total. The van der Waals surface area contributed by atoms with Crippen LogP contribution in [0.2, 0.25) is 0 Å². The maximum atomic E-state index is 12.7. The van der Waals surface area contributed by atoms with Gasteiger partial charge in [-0.1, -0.05) is 24.3 Å². The third-order valence-electron chi connectivity index (χ3n) is 3.92. The first-order chi connectivity index (χ1) is 11.4. The van der Waals surface area contributed by atoms with E-state index in [2.05, 4.69) is 15.3 Å². The second-order valence-corrected chi connectivity index (χ2v) is 6.33.